The average molecular weight is 304 g/mol. The molecule has 0 radical (unpaired) electrons. The van der Waals surface area contributed by atoms with Gasteiger partial charge >= 0.3 is 17.3 Å². The van der Waals surface area contributed by atoms with Crippen molar-refractivity contribution in [2.75, 3.05) is 0 Å². The second-order valence-electron chi connectivity index (χ2n) is 5.71. The van der Waals surface area contributed by atoms with Gasteiger partial charge in [0, 0.05) is 5.46 Å². The topological polar surface area (TPSA) is 52.6 Å². The third kappa shape index (κ3) is 2.59. The van der Waals surface area contributed by atoms with Gasteiger partial charge in [-0.15, -0.1) is 3.89 Å². The van der Waals surface area contributed by atoms with Gasteiger partial charge in [-0.25, -0.2) is 4.39 Å². The maximum absolute atomic E-state index is 13.9. The van der Waals surface area contributed by atoms with E-state index < -0.39 is 39.3 Å². The zero-order chi connectivity index (χ0) is 15.3. The van der Waals surface area contributed by atoms with Crippen LogP contribution in [0.3, 0.4) is 0 Å². The van der Waals surface area contributed by atoms with Gasteiger partial charge in [0.25, 0.3) is 0 Å². The highest BCUT2D eigenvalue weighted by molar-refractivity contribution is 7.86. The molecule has 1 fully saturated rings. The molecule has 0 aliphatic carbocycles. The van der Waals surface area contributed by atoms with E-state index in [1.165, 1.54) is 0 Å². The van der Waals surface area contributed by atoms with Crippen LogP contribution >= 0.6 is 0 Å². The molecule has 0 N–H and O–H groups in total. The second-order valence-corrected chi connectivity index (χ2v) is 7.06. The summed E-state index contributed by atoms with van der Waals surface area (Å²) in [7, 11) is -5.89. The van der Waals surface area contributed by atoms with Crippen LogP contribution in [0.4, 0.5) is 8.28 Å². The van der Waals surface area contributed by atoms with Crippen LogP contribution in [0.15, 0.2) is 23.1 Å². The lowest BCUT2D eigenvalue weighted by Crippen LogP contribution is -2.41. The zero-order valence-electron chi connectivity index (χ0n) is 11.6. The van der Waals surface area contributed by atoms with Crippen molar-refractivity contribution in [2.45, 2.75) is 43.8 Å². The highest BCUT2D eigenvalue weighted by atomic mass is 32.3. The summed E-state index contributed by atoms with van der Waals surface area (Å²) in [5.41, 5.74) is -1.25. The van der Waals surface area contributed by atoms with E-state index in [0.29, 0.717) is 6.07 Å². The van der Waals surface area contributed by atoms with E-state index in [1.54, 1.807) is 0 Å². The Hall–Kier alpha value is -0.985. The van der Waals surface area contributed by atoms with Crippen molar-refractivity contribution in [3.05, 3.63) is 24.0 Å². The lowest BCUT2D eigenvalue weighted by atomic mass is 9.79. The third-order valence-corrected chi connectivity index (χ3v) is 4.58. The Morgan fingerprint density at radius 2 is 1.60 bits per heavy atom. The van der Waals surface area contributed by atoms with E-state index in [0.717, 1.165) is 12.1 Å². The molecule has 110 valence electrons. The molecule has 0 amide bonds. The van der Waals surface area contributed by atoms with Crippen LogP contribution in [0.25, 0.3) is 0 Å². The molecule has 0 spiro atoms. The molecule has 0 bridgehead atoms. The van der Waals surface area contributed by atoms with Crippen LogP contribution in [0.5, 0.6) is 0 Å². The molecule has 1 heterocycles. The summed E-state index contributed by atoms with van der Waals surface area (Å²) in [5, 5.41) is 0. The van der Waals surface area contributed by atoms with Crippen LogP contribution in [-0.4, -0.2) is 26.7 Å². The van der Waals surface area contributed by atoms with E-state index in [-0.39, 0.29) is 5.46 Å². The summed E-state index contributed by atoms with van der Waals surface area (Å²) < 4.78 is 59.5. The fourth-order valence-corrected chi connectivity index (χ4v) is 2.30. The Morgan fingerprint density at radius 1 is 1.10 bits per heavy atom. The van der Waals surface area contributed by atoms with E-state index in [9.17, 15) is 16.7 Å². The van der Waals surface area contributed by atoms with E-state index >= 15 is 0 Å². The van der Waals surface area contributed by atoms with E-state index in [4.69, 9.17) is 9.31 Å². The first-order valence-corrected chi connectivity index (χ1v) is 7.42. The predicted molar refractivity (Wildman–Crippen MR) is 70.4 cm³/mol. The minimum absolute atomic E-state index is 0.0380. The van der Waals surface area contributed by atoms with E-state index in [1.807, 2.05) is 27.7 Å². The molecular weight excluding hydrogens is 289 g/mol. The van der Waals surface area contributed by atoms with Gasteiger partial charge in [-0.1, -0.05) is 6.07 Å². The normalized spacial score (nSPS) is 21.2. The first-order chi connectivity index (χ1) is 8.94. The van der Waals surface area contributed by atoms with Crippen molar-refractivity contribution in [3.63, 3.8) is 0 Å². The van der Waals surface area contributed by atoms with Gasteiger partial charge < -0.3 is 9.31 Å². The van der Waals surface area contributed by atoms with Gasteiger partial charge in [0.1, 0.15) is 10.7 Å². The van der Waals surface area contributed by atoms with Crippen molar-refractivity contribution < 1.29 is 26.0 Å². The summed E-state index contributed by atoms with van der Waals surface area (Å²) in [6.07, 6.45) is 0. The van der Waals surface area contributed by atoms with Crippen molar-refractivity contribution >= 4 is 22.8 Å². The number of halogens is 2. The summed E-state index contributed by atoms with van der Waals surface area (Å²) in [5.74, 6) is -0.887. The van der Waals surface area contributed by atoms with Crippen LogP contribution < -0.4 is 5.46 Å². The Labute approximate surface area is 117 Å². The molecule has 4 nitrogen and oxygen atoms in total. The summed E-state index contributed by atoms with van der Waals surface area (Å²) >= 11 is 0. The van der Waals surface area contributed by atoms with Crippen molar-refractivity contribution in [3.8, 4) is 0 Å². The van der Waals surface area contributed by atoms with Crippen molar-refractivity contribution in [2.24, 2.45) is 0 Å². The molecule has 1 saturated heterocycles. The Morgan fingerprint density at radius 3 is 2.00 bits per heavy atom. The monoisotopic (exact) mass is 304 g/mol. The molecule has 0 atom stereocenters. The highest BCUT2D eigenvalue weighted by Gasteiger charge is 2.52. The van der Waals surface area contributed by atoms with Gasteiger partial charge in [-0.05, 0) is 39.8 Å². The number of hydrogen-bond acceptors (Lipinski definition) is 4. The molecule has 20 heavy (non-hydrogen) atoms. The van der Waals surface area contributed by atoms with Crippen LogP contribution in [0, 0.1) is 5.82 Å². The predicted octanol–water partition coefficient (Wildman–Crippen LogP) is 1.78. The summed E-state index contributed by atoms with van der Waals surface area (Å²) in [6.45, 7) is 7.24. The standard InChI is InChI=1S/C12H15BF2O4S/c1-11(2)12(3,4)19-13(18-11)9-6-5-8(7-10(9)14)20(15,16)17/h5-7H,1-4H3. The fourth-order valence-electron chi connectivity index (χ4n) is 1.82. The number of benzene rings is 1. The van der Waals surface area contributed by atoms with E-state index in [2.05, 4.69) is 0 Å². The van der Waals surface area contributed by atoms with Gasteiger partial charge in [0.15, 0.2) is 0 Å². The lowest BCUT2D eigenvalue weighted by Gasteiger charge is -2.32. The Balaban J connectivity index is 2.37. The Bertz CT molecular complexity index is 627. The average Bonchev–Trinajstić information content (AvgIpc) is 2.46. The SMILES string of the molecule is CC1(C)OB(c2ccc(S(=O)(=O)F)cc2F)OC1(C)C. The molecule has 2 rings (SSSR count). The zero-order valence-corrected chi connectivity index (χ0v) is 12.4. The van der Waals surface area contributed by atoms with Crippen molar-refractivity contribution in [1.29, 1.82) is 0 Å². The van der Waals surface area contributed by atoms with Gasteiger partial charge in [0.2, 0.25) is 0 Å². The van der Waals surface area contributed by atoms with Crippen LogP contribution in [0.2, 0.25) is 0 Å². The number of rotatable bonds is 2. The second kappa shape index (κ2) is 4.51. The minimum atomic E-state index is -4.93. The molecular formula is C12H15BF2O4S. The molecule has 1 aromatic rings. The van der Waals surface area contributed by atoms with Gasteiger partial charge in [-0.3, -0.25) is 0 Å². The minimum Gasteiger partial charge on any atom is -0.399 e. The largest absolute Gasteiger partial charge is 0.497 e. The van der Waals surface area contributed by atoms with Crippen molar-refractivity contribution in [1.82, 2.24) is 0 Å². The first kappa shape index (κ1) is 15.4. The molecule has 8 heteroatoms. The molecule has 0 unspecified atom stereocenters. The molecule has 1 aliphatic rings. The molecule has 1 aliphatic heterocycles. The molecule has 0 saturated carbocycles. The summed E-state index contributed by atoms with van der Waals surface area (Å²) in [4.78, 5) is -0.727. The maximum Gasteiger partial charge on any atom is 0.497 e. The van der Waals surface area contributed by atoms with Gasteiger partial charge in [0.05, 0.1) is 11.2 Å². The smallest absolute Gasteiger partial charge is 0.399 e. The number of hydrogen-bond donors (Lipinski definition) is 0. The molecule has 0 aromatic heterocycles. The first-order valence-electron chi connectivity index (χ1n) is 6.04. The lowest BCUT2D eigenvalue weighted by molar-refractivity contribution is 0.00578. The maximum atomic E-state index is 13.9. The van der Waals surface area contributed by atoms with Crippen LogP contribution in [0.1, 0.15) is 27.7 Å². The quantitative estimate of drug-likeness (QED) is 0.617. The third-order valence-electron chi connectivity index (χ3n) is 3.76. The van der Waals surface area contributed by atoms with Crippen LogP contribution in [-0.2, 0) is 19.5 Å². The highest BCUT2D eigenvalue weighted by Crippen LogP contribution is 2.36. The Kier molecular flexibility index (Phi) is 3.47. The summed E-state index contributed by atoms with van der Waals surface area (Å²) in [6, 6.07) is 2.76. The molecule has 1 aromatic carbocycles. The van der Waals surface area contributed by atoms with Gasteiger partial charge in [-0.2, -0.15) is 8.42 Å². The fraction of sp³-hybridized carbons (Fsp3) is 0.500.